The monoisotopic (exact) mass is 350 g/mol. The number of nitrogens with zero attached hydrogens (tertiary/aromatic N) is 2. The van der Waals surface area contributed by atoms with Crippen LogP contribution in [0.3, 0.4) is 0 Å². The van der Waals surface area contributed by atoms with Gasteiger partial charge in [0.1, 0.15) is 5.82 Å². The van der Waals surface area contributed by atoms with Gasteiger partial charge in [0.25, 0.3) is 0 Å². The number of rotatable bonds is 3. The van der Waals surface area contributed by atoms with Crippen molar-refractivity contribution in [3.63, 3.8) is 0 Å². The van der Waals surface area contributed by atoms with Crippen molar-refractivity contribution in [1.82, 2.24) is 4.98 Å². The van der Waals surface area contributed by atoms with Gasteiger partial charge in [-0.15, -0.1) is 0 Å². The molecule has 0 unspecified atom stereocenters. The van der Waals surface area contributed by atoms with E-state index in [9.17, 15) is 4.79 Å². The number of carbonyl (C=O) groups excluding carboxylic acids is 1. The Morgan fingerprint density at radius 2 is 1.87 bits per heavy atom. The lowest BCUT2D eigenvalue weighted by Crippen LogP contribution is -2.21. The molecule has 1 aliphatic heterocycles. The quantitative estimate of drug-likeness (QED) is 0.848. The average molecular weight is 351 g/mol. The van der Waals surface area contributed by atoms with Gasteiger partial charge >= 0.3 is 6.03 Å². The summed E-state index contributed by atoms with van der Waals surface area (Å²) >= 11 is 11.9. The lowest BCUT2D eigenvalue weighted by molar-refractivity contribution is 0.262. The van der Waals surface area contributed by atoms with E-state index >= 15 is 0 Å². The van der Waals surface area contributed by atoms with Crippen LogP contribution in [0, 0.1) is 0 Å². The van der Waals surface area contributed by atoms with Gasteiger partial charge in [0.05, 0.1) is 22.6 Å². The molecule has 2 aromatic rings. The van der Waals surface area contributed by atoms with E-state index in [2.05, 4.69) is 20.5 Å². The molecule has 0 aliphatic carbocycles. The molecule has 1 aromatic carbocycles. The first-order chi connectivity index (χ1) is 11.1. The molecule has 1 aliphatic rings. The molecule has 0 saturated carbocycles. The van der Waals surface area contributed by atoms with E-state index in [0.29, 0.717) is 21.4 Å². The van der Waals surface area contributed by atoms with Gasteiger partial charge in [-0.1, -0.05) is 23.2 Å². The second-order valence-electron chi connectivity index (χ2n) is 5.30. The number of hydrogen-bond donors (Lipinski definition) is 2. The molecule has 3 rings (SSSR count). The molecular formula is C16H16Cl2N4O. The van der Waals surface area contributed by atoms with Gasteiger partial charge in [-0.3, -0.25) is 0 Å². The highest BCUT2D eigenvalue weighted by molar-refractivity contribution is 6.36. The van der Waals surface area contributed by atoms with Crippen LogP contribution in [-0.2, 0) is 0 Å². The number of benzene rings is 1. The van der Waals surface area contributed by atoms with Crippen LogP contribution in [0.2, 0.25) is 10.0 Å². The summed E-state index contributed by atoms with van der Waals surface area (Å²) in [5, 5.41) is 6.30. The van der Waals surface area contributed by atoms with Crippen molar-refractivity contribution in [1.29, 1.82) is 0 Å². The normalized spacial score (nSPS) is 13.9. The minimum Gasteiger partial charge on any atom is -0.357 e. The fourth-order valence-corrected chi connectivity index (χ4v) is 2.92. The molecule has 0 atom stereocenters. The second-order valence-corrected chi connectivity index (χ2v) is 6.15. The molecule has 0 bridgehead atoms. The van der Waals surface area contributed by atoms with E-state index in [-0.39, 0.29) is 6.03 Å². The zero-order valence-electron chi connectivity index (χ0n) is 12.4. The fourth-order valence-electron chi connectivity index (χ4n) is 2.47. The molecule has 1 fully saturated rings. The van der Waals surface area contributed by atoms with E-state index < -0.39 is 0 Å². The molecule has 7 heteroatoms. The molecule has 5 nitrogen and oxygen atoms in total. The molecule has 0 radical (unpaired) electrons. The van der Waals surface area contributed by atoms with Gasteiger partial charge in [0, 0.05) is 18.1 Å². The van der Waals surface area contributed by atoms with Crippen LogP contribution in [0.4, 0.5) is 22.0 Å². The number of hydrogen-bond acceptors (Lipinski definition) is 3. The fraction of sp³-hybridized carbons (Fsp3) is 0.250. The summed E-state index contributed by atoms with van der Waals surface area (Å²) in [6, 6.07) is 8.25. The zero-order valence-corrected chi connectivity index (χ0v) is 13.9. The second kappa shape index (κ2) is 7.06. The maximum atomic E-state index is 12.0. The van der Waals surface area contributed by atoms with E-state index in [1.807, 2.05) is 12.1 Å². The van der Waals surface area contributed by atoms with Crippen LogP contribution in [0.5, 0.6) is 0 Å². The van der Waals surface area contributed by atoms with Crippen LogP contribution < -0.4 is 15.5 Å². The summed E-state index contributed by atoms with van der Waals surface area (Å²) in [6.45, 7) is 2.07. The van der Waals surface area contributed by atoms with Gasteiger partial charge in [-0.25, -0.2) is 9.78 Å². The smallest absolute Gasteiger partial charge is 0.323 e. The van der Waals surface area contributed by atoms with Gasteiger partial charge < -0.3 is 15.5 Å². The Hall–Kier alpha value is -1.98. The standard InChI is InChI=1S/C16H16Cl2N4O/c17-11-3-5-14(13(18)9-11)21-16(23)20-12-4-6-15(19-10-12)22-7-1-2-8-22/h3-6,9-10H,1-2,7-8H2,(H2,20,21,23). The summed E-state index contributed by atoms with van der Waals surface area (Å²) in [6.07, 6.45) is 4.05. The van der Waals surface area contributed by atoms with Crippen molar-refractivity contribution in [3.05, 3.63) is 46.6 Å². The summed E-state index contributed by atoms with van der Waals surface area (Å²) in [5.41, 5.74) is 1.12. The third kappa shape index (κ3) is 4.06. The Kier molecular flexibility index (Phi) is 4.88. The zero-order chi connectivity index (χ0) is 16.2. The lowest BCUT2D eigenvalue weighted by Gasteiger charge is -2.16. The Balaban J connectivity index is 1.61. The van der Waals surface area contributed by atoms with Crippen molar-refractivity contribution in [3.8, 4) is 0 Å². The predicted molar refractivity (Wildman–Crippen MR) is 94.8 cm³/mol. The van der Waals surface area contributed by atoms with Gasteiger partial charge in [-0.2, -0.15) is 0 Å². The maximum absolute atomic E-state index is 12.0. The first-order valence-electron chi connectivity index (χ1n) is 7.36. The number of nitrogens with one attached hydrogen (secondary N) is 2. The van der Waals surface area contributed by atoms with Crippen molar-refractivity contribution >= 4 is 46.4 Å². The van der Waals surface area contributed by atoms with Crippen molar-refractivity contribution in [2.75, 3.05) is 28.6 Å². The molecular weight excluding hydrogens is 335 g/mol. The first kappa shape index (κ1) is 15.9. The number of urea groups is 1. The molecule has 2 amide bonds. The largest absolute Gasteiger partial charge is 0.357 e. The Morgan fingerprint density at radius 1 is 1.09 bits per heavy atom. The van der Waals surface area contributed by atoms with E-state index in [1.165, 1.54) is 12.8 Å². The summed E-state index contributed by atoms with van der Waals surface area (Å²) in [5.74, 6) is 0.939. The summed E-state index contributed by atoms with van der Waals surface area (Å²) in [7, 11) is 0. The minimum atomic E-state index is -0.384. The topological polar surface area (TPSA) is 57.3 Å². The molecule has 2 N–H and O–H groups in total. The average Bonchev–Trinajstić information content (AvgIpc) is 3.05. The molecule has 1 aromatic heterocycles. The van der Waals surface area contributed by atoms with E-state index in [0.717, 1.165) is 18.9 Å². The molecule has 1 saturated heterocycles. The van der Waals surface area contributed by atoms with E-state index in [1.54, 1.807) is 24.4 Å². The summed E-state index contributed by atoms with van der Waals surface area (Å²) in [4.78, 5) is 18.6. The van der Waals surface area contributed by atoms with Crippen molar-refractivity contribution in [2.45, 2.75) is 12.8 Å². The number of halogens is 2. The van der Waals surface area contributed by atoms with Gasteiger partial charge in [0.2, 0.25) is 0 Å². The predicted octanol–water partition coefficient (Wildman–Crippen LogP) is 4.63. The Morgan fingerprint density at radius 3 is 2.52 bits per heavy atom. The number of carbonyl (C=O) groups is 1. The molecule has 0 spiro atoms. The highest BCUT2D eigenvalue weighted by Crippen LogP contribution is 2.25. The van der Waals surface area contributed by atoms with Crippen molar-refractivity contribution in [2.24, 2.45) is 0 Å². The third-order valence-corrected chi connectivity index (χ3v) is 4.16. The Labute approximate surface area is 144 Å². The van der Waals surface area contributed by atoms with Gasteiger partial charge in [0.15, 0.2) is 0 Å². The van der Waals surface area contributed by atoms with Crippen LogP contribution in [0.15, 0.2) is 36.5 Å². The minimum absolute atomic E-state index is 0.384. The number of aromatic nitrogens is 1. The van der Waals surface area contributed by atoms with Gasteiger partial charge in [-0.05, 0) is 43.2 Å². The Bertz CT molecular complexity index is 700. The van der Waals surface area contributed by atoms with Crippen molar-refractivity contribution < 1.29 is 4.79 Å². The van der Waals surface area contributed by atoms with Crippen LogP contribution in [0.1, 0.15) is 12.8 Å². The molecule has 2 heterocycles. The SMILES string of the molecule is O=C(Nc1ccc(N2CCCC2)nc1)Nc1ccc(Cl)cc1Cl. The first-order valence-corrected chi connectivity index (χ1v) is 8.11. The van der Waals surface area contributed by atoms with Crippen LogP contribution in [0.25, 0.3) is 0 Å². The number of pyridine rings is 1. The van der Waals surface area contributed by atoms with E-state index in [4.69, 9.17) is 23.2 Å². The maximum Gasteiger partial charge on any atom is 0.323 e. The highest BCUT2D eigenvalue weighted by Gasteiger charge is 2.13. The third-order valence-electron chi connectivity index (χ3n) is 3.62. The molecule has 23 heavy (non-hydrogen) atoms. The van der Waals surface area contributed by atoms with Crippen LogP contribution in [-0.4, -0.2) is 24.1 Å². The number of anilines is 3. The molecule has 120 valence electrons. The lowest BCUT2D eigenvalue weighted by atomic mass is 10.3. The number of amides is 2. The highest BCUT2D eigenvalue weighted by atomic mass is 35.5. The summed E-state index contributed by atoms with van der Waals surface area (Å²) < 4.78 is 0. The van der Waals surface area contributed by atoms with Crippen LogP contribution >= 0.6 is 23.2 Å².